The van der Waals surface area contributed by atoms with Gasteiger partial charge in [0, 0.05) is 13.1 Å². The number of benzene rings is 1. The van der Waals surface area contributed by atoms with Crippen LogP contribution in [0, 0.1) is 13.8 Å². The van der Waals surface area contributed by atoms with Crippen LogP contribution in [0.2, 0.25) is 0 Å². The lowest BCUT2D eigenvalue weighted by Crippen LogP contribution is -2.49. The summed E-state index contributed by atoms with van der Waals surface area (Å²) in [6.45, 7) is 8.61. The zero-order valence-electron chi connectivity index (χ0n) is 13.6. The summed E-state index contributed by atoms with van der Waals surface area (Å²) in [7, 11) is 0. The minimum Gasteiger partial charge on any atom is -0.452 e. The number of hydrogen-bond donors (Lipinski definition) is 0. The fourth-order valence-electron chi connectivity index (χ4n) is 2.55. The third-order valence-electron chi connectivity index (χ3n) is 3.84. The van der Waals surface area contributed by atoms with Gasteiger partial charge in [0.25, 0.3) is 5.91 Å². The Balaban J connectivity index is 1.90. The molecule has 0 saturated carbocycles. The fraction of sp³-hybridized carbons (Fsp3) is 0.529. The lowest BCUT2D eigenvalue weighted by Gasteiger charge is -2.35. The van der Waals surface area contributed by atoms with E-state index in [0.29, 0.717) is 18.7 Å². The normalized spacial score (nSPS) is 21.5. The largest absolute Gasteiger partial charge is 0.452 e. The molecule has 1 heterocycles. The molecule has 0 aromatic heterocycles. The molecule has 0 bridgehead atoms. The summed E-state index contributed by atoms with van der Waals surface area (Å²) in [4.78, 5) is 25.8. The second-order valence-electron chi connectivity index (χ2n) is 5.93. The van der Waals surface area contributed by atoms with E-state index in [0.717, 1.165) is 11.1 Å². The number of carbonyl (C=O) groups excluding carboxylic acids is 2. The summed E-state index contributed by atoms with van der Waals surface area (Å²) >= 11 is 0. The van der Waals surface area contributed by atoms with Crippen LogP contribution in [0.15, 0.2) is 18.2 Å². The Labute approximate surface area is 131 Å². The lowest BCUT2D eigenvalue weighted by molar-refractivity contribution is -0.146. The fourth-order valence-corrected chi connectivity index (χ4v) is 2.55. The zero-order chi connectivity index (χ0) is 16.3. The van der Waals surface area contributed by atoms with Gasteiger partial charge in [-0.1, -0.05) is 6.07 Å². The summed E-state index contributed by atoms with van der Waals surface area (Å²) in [5.74, 6) is -0.648. The highest BCUT2D eigenvalue weighted by Crippen LogP contribution is 2.13. The number of nitrogens with zero attached hydrogens (tertiary/aromatic N) is 1. The molecule has 0 radical (unpaired) electrons. The molecule has 0 aliphatic carbocycles. The molecular weight excluding hydrogens is 282 g/mol. The molecule has 5 nitrogen and oxygen atoms in total. The van der Waals surface area contributed by atoms with E-state index in [4.69, 9.17) is 9.47 Å². The highest BCUT2D eigenvalue weighted by molar-refractivity contribution is 5.91. The number of amides is 1. The Bertz CT molecular complexity index is 560. The van der Waals surface area contributed by atoms with Crippen LogP contribution in [0.3, 0.4) is 0 Å². The number of carbonyl (C=O) groups is 2. The second kappa shape index (κ2) is 6.92. The van der Waals surface area contributed by atoms with Crippen molar-refractivity contribution < 1.29 is 19.1 Å². The maximum Gasteiger partial charge on any atom is 0.338 e. The van der Waals surface area contributed by atoms with Crippen molar-refractivity contribution in [3.63, 3.8) is 0 Å². The summed E-state index contributed by atoms with van der Waals surface area (Å²) in [6, 6.07) is 5.37. The van der Waals surface area contributed by atoms with E-state index in [2.05, 4.69) is 0 Å². The van der Waals surface area contributed by atoms with Gasteiger partial charge in [-0.2, -0.15) is 0 Å². The van der Waals surface area contributed by atoms with Crippen LogP contribution in [-0.2, 0) is 14.3 Å². The number of rotatable bonds is 3. The van der Waals surface area contributed by atoms with Gasteiger partial charge >= 0.3 is 5.97 Å². The Morgan fingerprint density at radius 3 is 2.41 bits per heavy atom. The third-order valence-corrected chi connectivity index (χ3v) is 3.84. The average Bonchev–Trinajstić information content (AvgIpc) is 2.46. The van der Waals surface area contributed by atoms with Gasteiger partial charge in [-0.3, -0.25) is 4.79 Å². The molecule has 120 valence electrons. The minimum atomic E-state index is -0.467. The van der Waals surface area contributed by atoms with E-state index in [1.54, 1.807) is 17.0 Å². The standard InChI is InChI=1S/C17H23NO4/c1-11-5-6-15(7-12(11)2)17(20)21-10-16(19)18-8-13(3)22-14(4)9-18/h5-7,13-14H,8-10H2,1-4H3. The molecule has 1 aromatic carbocycles. The molecular formula is C17H23NO4. The number of aryl methyl sites for hydroxylation is 2. The van der Waals surface area contributed by atoms with E-state index >= 15 is 0 Å². The van der Waals surface area contributed by atoms with Gasteiger partial charge in [-0.25, -0.2) is 4.79 Å². The van der Waals surface area contributed by atoms with Crippen LogP contribution in [0.5, 0.6) is 0 Å². The zero-order valence-corrected chi connectivity index (χ0v) is 13.6. The first kappa shape index (κ1) is 16.5. The molecule has 2 rings (SSSR count). The molecule has 1 aliphatic heterocycles. The second-order valence-corrected chi connectivity index (χ2v) is 5.93. The minimum absolute atomic E-state index is 0.00292. The van der Waals surface area contributed by atoms with Gasteiger partial charge in [0.15, 0.2) is 6.61 Å². The maximum absolute atomic E-state index is 12.1. The van der Waals surface area contributed by atoms with Gasteiger partial charge in [-0.15, -0.1) is 0 Å². The van der Waals surface area contributed by atoms with Crippen molar-refractivity contribution in [3.05, 3.63) is 34.9 Å². The van der Waals surface area contributed by atoms with E-state index < -0.39 is 5.97 Å². The molecule has 1 fully saturated rings. The highest BCUT2D eigenvalue weighted by Gasteiger charge is 2.26. The van der Waals surface area contributed by atoms with Crippen molar-refractivity contribution in [2.24, 2.45) is 0 Å². The molecule has 1 amide bonds. The summed E-state index contributed by atoms with van der Waals surface area (Å²) in [5.41, 5.74) is 2.61. The quantitative estimate of drug-likeness (QED) is 0.803. The summed E-state index contributed by atoms with van der Waals surface area (Å²) in [5, 5.41) is 0. The molecule has 1 aromatic rings. The Morgan fingerprint density at radius 2 is 1.82 bits per heavy atom. The maximum atomic E-state index is 12.1. The van der Waals surface area contributed by atoms with Crippen molar-refractivity contribution in [1.82, 2.24) is 4.90 Å². The molecule has 22 heavy (non-hydrogen) atoms. The molecule has 1 aliphatic rings. The van der Waals surface area contributed by atoms with Crippen LogP contribution in [-0.4, -0.2) is 48.7 Å². The van der Waals surface area contributed by atoms with Gasteiger partial charge in [-0.05, 0) is 51.0 Å². The number of esters is 1. The Kier molecular flexibility index (Phi) is 5.19. The smallest absolute Gasteiger partial charge is 0.338 e. The SMILES string of the molecule is Cc1ccc(C(=O)OCC(=O)N2CC(C)OC(C)C2)cc1C. The van der Waals surface area contributed by atoms with Crippen LogP contribution in [0.4, 0.5) is 0 Å². The molecule has 0 N–H and O–H groups in total. The van der Waals surface area contributed by atoms with Crippen molar-refractivity contribution in [1.29, 1.82) is 0 Å². The molecule has 1 saturated heterocycles. The van der Waals surface area contributed by atoms with Crippen LogP contribution >= 0.6 is 0 Å². The molecule has 2 unspecified atom stereocenters. The number of morpholine rings is 1. The van der Waals surface area contributed by atoms with Gasteiger partial charge in [0.05, 0.1) is 17.8 Å². The van der Waals surface area contributed by atoms with Crippen LogP contribution in [0.1, 0.15) is 35.3 Å². The highest BCUT2D eigenvalue weighted by atomic mass is 16.5. The first-order valence-corrected chi connectivity index (χ1v) is 7.54. The van der Waals surface area contributed by atoms with Crippen LogP contribution < -0.4 is 0 Å². The van der Waals surface area contributed by atoms with E-state index in [1.807, 2.05) is 33.8 Å². The molecule has 5 heteroatoms. The molecule has 2 atom stereocenters. The third kappa shape index (κ3) is 4.07. The monoisotopic (exact) mass is 305 g/mol. The van der Waals surface area contributed by atoms with Gasteiger partial charge in [0.2, 0.25) is 0 Å². The molecule has 0 spiro atoms. The van der Waals surface area contributed by atoms with Crippen molar-refractivity contribution in [3.8, 4) is 0 Å². The Morgan fingerprint density at radius 1 is 1.18 bits per heavy atom. The van der Waals surface area contributed by atoms with Crippen molar-refractivity contribution in [2.45, 2.75) is 39.9 Å². The predicted molar refractivity (Wildman–Crippen MR) is 82.8 cm³/mol. The first-order valence-electron chi connectivity index (χ1n) is 7.54. The Hall–Kier alpha value is -1.88. The lowest BCUT2D eigenvalue weighted by atomic mass is 10.1. The topological polar surface area (TPSA) is 55.8 Å². The van der Waals surface area contributed by atoms with E-state index in [1.165, 1.54) is 0 Å². The predicted octanol–water partition coefficient (Wildman–Crippen LogP) is 2.10. The van der Waals surface area contributed by atoms with Crippen molar-refractivity contribution in [2.75, 3.05) is 19.7 Å². The first-order chi connectivity index (χ1) is 10.4. The van der Waals surface area contributed by atoms with Crippen molar-refractivity contribution >= 4 is 11.9 Å². The summed E-state index contributed by atoms with van der Waals surface area (Å²) < 4.78 is 10.7. The summed E-state index contributed by atoms with van der Waals surface area (Å²) in [6.07, 6.45) is 0.00583. The number of ether oxygens (including phenoxy) is 2. The van der Waals surface area contributed by atoms with E-state index in [9.17, 15) is 9.59 Å². The van der Waals surface area contributed by atoms with E-state index in [-0.39, 0.29) is 24.7 Å². The van der Waals surface area contributed by atoms with Crippen LogP contribution in [0.25, 0.3) is 0 Å². The van der Waals surface area contributed by atoms with Gasteiger partial charge in [0.1, 0.15) is 0 Å². The average molecular weight is 305 g/mol. The van der Waals surface area contributed by atoms with Gasteiger partial charge < -0.3 is 14.4 Å². The number of hydrogen-bond acceptors (Lipinski definition) is 4.